The number of ether oxygens (including phenoxy) is 1. The molecule has 4 heterocycles. The highest BCUT2D eigenvalue weighted by molar-refractivity contribution is 8.00. The van der Waals surface area contributed by atoms with E-state index in [1.807, 2.05) is 22.6 Å². The lowest BCUT2D eigenvalue weighted by Crippen LogP contribution is -2.44. The zero-order valence-corrected chi connectivity index (χ0v) is 15.8. The second kappa shape index (κ2) is 7.85. The monoisotopic (exact) mass is 391 g/mol. The molecule has 2 unspecified atom stereocenters. The van der Waals surface area contributed by atoms with Crippen molar-refractivity contribution in [1.29, 1.82) is 0 Å². The molecular formula is C18H22FN5O2S. The van der Waals surface area contributed by atoms with Crippen LogP contribution in [0.3, 0.4) is 0 Å². The third kappa shape index (κ3) is 3.79. The molecule has 2 aliphatic rings. The molecule has 1 amide bonds. The first kappa shape index (κ1) is 18.2. The maximum absolute atomic E-state index is 14.1. The number of rotatable bonds is 5. The largest absolute Gasteiger partial charge is 0.471 e. The predicted molar refractivity (Wildman–Crippen MR) is 102 cm³/mol. The van der Waals surface area contributed by atoms with Gasteiger partial charge in [-0.3, -0.25) is 9.48 Å². The quantitative estimate of drug-likeness (QED) is 0.807. The topological polar surface area (TPSA) is 81.1 Å². The second-order valence-electron chi connectivity index (χ2n) is 6.72. The van der Waals surface area contributed by atoms with Gasteiger partial charge in [0.15, 0.2) is 0 Å². The highest BCUT2D eigenvalue weighted by Gasteiger charge is 2.28. The molecule has 0 spiro atoms. The molecular weight excluding hydrogens is 369 g/mol. The fourth-order valence-electron chi connectivity index (χ4n) is 3.14. The number of nitrogens with one attached hydrogen (secondary N) is 2. The molecule has 0 radical (unpaired) electrons. The number of thioether (sulfide) groups is 1. The van der Waals surface area contributed by atoms with Gasteiger partial charge in [-0.05, 0) is 19.0 Å². The van der Waals surface area contributed by atoms with Gasteiger partial charge < -0.3 is 15.4 Å². The fraction of sp³-hybridized carbons (Fsp3) is 0.500. The van der Waals surface area contributed by atoms with Crippen LogP contribution in [0.1, 0.15) is 22.8 Å². The molecule has 7 nitrogen and oxygen atoms in total. The smallest absolute Gasteiger partial charge is 0.256 e. The van der Waals surface area contributed by atoms with E-state index in [0.717, 1.165) is 22.6 Å². The molecule has 2 saturated heterocycles. The van der Waals surface area contributed by atoms with Crippen molar-refractivity contribution in [1.82, 2.24) is 25.4 Å². The number of carbonyl (C=O) groups is 1. The number of halogens is 1. The first-order chi connectivity index (χ1) is 13.2. The number of hydrogen-bond donors (Lipinski definition) is 2. The summed E-state index contributed by atoms with van der Waals surface area (Å²) in [5, 5.41) is 10.0. The number of amides is 1. The van der Waals surface area contributed by atoms with Crippen molar-refractivity contribution in [2.75, 3.05) is 31.6 Å². The summed E-state index contributed by atoms with van der Waals surface area (Å²) in [4.78, 5) is 16.7. The lowest BCUT2D eigenvalue weighted by Gasteiger charge is -2.27. The van der Waals surface area contributed by atoms with Gasteiger partial charge in [-0.25, -0.2) is 9.37 Å². The van der Waals surface area contributed by atoms with E-state index in [1.54, 1.807) is 25.5 Å². The van der Waals surface area contributed by atoms with Gasteiger partial charge in [0, 0.05) is 48.6 Å². The summed E-state index contributed by atoms with van der Waals surface area (Å²) in [6, 6.07) is 2.16. The molecule has 0 bridgehead atoms. The molecule has 0 aromatic carbocycles. The van der Waals surface area contributed by atoms with Gasteiger partial charge in [0.1, 0.15) is 17.8 Å². The molecule has 4 rings (SSSR count). The van der Waals surface area contributed by atoms with Gasteiger partial charge in [0.25, 0.3) is 5.91 Å². The molecule has 2 aliphatic heterocycles. The fourth-order valence-corrected chi connectivity index (χ4v) is 3.89. The standard InChI is InChI=1S/C18H22FN5O2S/c1-20-17(25)14-4-11(12-6-23-24(8-12)13-9-27-10-13)5-22-18(14)26-16-2-3-21-7-15(16)19/h4-6,8,13,15-16,21H,2-3,7,9-10H2,1H3,(H,20,25). The average molecular weight is 391 g/mol. The van der Waals surface area contributed by atoms with Crippen LogP contribution in [0.15, 0.2) is 24.7 Å². The Kier molecular flexibility index (Phi) is 5.31. The summed E-state index contributed by atoms with van der Waals surface area (Å²) in [5.74, 6) is 1.98. The molecule has 2 aromatic heterocycles. The third-order valence-electron chi connectivity index (χ3n) is 4.86. The van der Waals surface area contributed by atoms with Gasteiger partial charge in [-0.2, -0.15) is 16.9 Å². The summed E-state index contributed by atoms with van der Waals surface area (Å²) in [7, 11) is 1.55. The SMILES string of the molecule is CNC(=O)c1cc(-c2cnn(C3CSC3)c2)cnc1OC1CCNCC1F. The average Bonchev–Trinajstić information content (AvgIpc) is 3.11. The minimum atomic E-state index is -1.13. The van der Waals surface area contributed by atoms with Crippen LogP contribution in [0.25, 0.3) is 11.1 Å². The Labute approximate surface area is 161 Å². The highest BCUT2D eigenvalue weighted by atomic mass is 32.2. The Morgan fingerprint density at radius 3 is 2.96 bits per heavy atom. The van der Waals surface area contributed by atoms with E-state index in [-0.39, 0.29) is 18.3 Å². The molecule has 2 fully saturated rings. The van der Waals surface area contributed by atoms with Gasteiger partial charge in [0.05, 0.1) is 12.2 Å². The number of pyridine rings is 1. The predicted octanol–water partition coefficient (Wildman–Crippen LogP) is 1.67. The number of nitrogens with zero attached hydrogens (tertiary/aromatic N) is 3. The summed E-state index contributed by atoms with van der Waals surface area (Å²) in [5.41, 5.74) is 1.97. The van der Waals surface area contributed by atoms with Crippen molar-refractivity contribution < 1.29 is 13.9 Å². The molecule has 2 N–H and O–H groups in total. The zero-order valence-electron chi connectivity index (χ0n) is 15.0. The summed E-state index contributed by atoms with van der Waals surface area (Å²) >= 11 is 1.90. The second-order valence-corrected chi connectivity index (χ2v) is 7.80. The lowest BCUT2D eigenvalue weighted by atomic mass is 10.1. The van der Waals surface area contributed by atoms with Crippen LogP contribution in [0.2, 0.25) is 0 Å². The van der Waals surface area contributed by atoms with Gasteiger partial charge in [0.2, 0.25) is 5.88 Å². The van der Waals surface area contributed by atoms with E-state index in [4.69, 9.17) is 4.74 Å². The van der Waals surface area contributed by atoms with Crippen LogP contribution < -0.4 is 15.4 Å². The van der Waals surface area contributed by atoms with Crippen LogP contribution in [0.4, 0.5) is 4.39 Å². The van der Waals surface area contributed by atoms with Crippen molar-refractivity contribution >= 4 is 17.7 Å². The minimum absolute atomic E-state index is 0.162. The Hall–Kier alpha value is -2.13. The van der Waals surface area contributed by atoms with E-state index in [2.05, 4.69) is 20.7 Å². The number of aromatic nitrogens is 3. The Balaban J connectivity index is 1.60. The van der Waals surface area contributed by atoms with Crippen molar-refractivity contribution in [2.45, 2.75) is 24.7 Å². The summed E-state index contributed by atoms with van der Waals surface area (Å²) in [6.07, 6.45) is 4.19. The molecule has 9 heteroatoms. The minimum Gasteiger partial charge on any atom is -0.471 e. The van der Waals surface area contributed by atoms with Crippen LogP contribution in [-0.4, -0.2) is 64.6 Å². The molecule has 0 saturated carbocycles. The first-order valence-corrected chi connectivity index (χ1v) is 10.2. The van der Waals surface area contributed by atoms with E-state index in [9.17, 15) is 9.18 Å². The van der Waals surface area contributed by atoms with Crippen molar-refractivity contribution in [2.24, 2.45) is 0 Å². The Morgan fingerprint density at radius 1 is 1.41 bits per heavy atom. The highest BCUT2D eigenvalue weighted by Crippen LogP contribution is 2.31. The third-order valence-corrected chi connectivity index (χ3v) is 6.10. The normalized spacial score (nSPS) is 22.9. The van der Waals surface area contributed by atoms with E-state index >= 15 is 0 Å². The maximum Gasteiger partial charge on any atom is 0.256 e. The van der Waals surface area contributed by atoms with E-state index in [0.29, 0.717) is 24.6 Å². The van der Waals surface area contributed by atoms with Crippen LogP contribution >= 0.6 is 11.8 Å². The van der Waals surface area contributed by atoms with Crippen LogP contribution in [0.5, 0.6) is 5.88 Å². The lowest BCUT2D eigenvalue weighted by molar-refractivity contribution is 0.0673. The Bertz CT molecular complexity index is 826. The van der Waals surface area contributed by atoms with Gasteiger partial charge in [-0.1, -0.05) is 0 Å². The molecule has 2 atom stereocenters. The Morgan fingerprint density at radius 2 is 2.26 bits per heavy atom. The first-order valence-electron chi connectivity index (χ1n) is 9.01. The van der Waals surface area contributed by atoms with Crippen LogP contribution in [0, 0.1) is 0 Å². The van der Waals surface area contributed by atoms with Crippen molar-refractivity contribution in [3.8, 4) is 17.0 Å². The zero-order chi connectivity index (χ0) is 18.8. The number of alkyl halides is 1. The molecule has 0 aliphatic carbocycles. The maximum atomic E-state index is 14.1. The van der Waals surface area contributed by atoms with Gasteiger partial charge >= 0.3 is 0 Å². The summed E-state index contributed by atoms with van der Waals surface area (Å²) in [6.45, 7) is 0.924. The van der Waals surface area contributed by atoms with E-state index < -0.39 is 12.3 Å². The number of carbonyl (C=O) groups excluding carboxylic acids is 1. The molecule has 144 valence electrons. The number of hydrogen-bond acceptors (Lipinski definition) is 6. The number of piperidine rings is 1. The van der Waals surface area contributed by atoms with Crippen LogP contribution in [-0.2, 0) is 0 Å². The summed E-state index contributed by atoms with van der Waals surface area (Å²) < 4.78 is 21.8. The van der Waals surface area contributed by atoms with Gasteiger partial charge in [-0.15, -0.1) is 0 Å². The van der Waals surface area contributed by atoms with Crippen molar-refractivity contribution in [3.63, 3.8) is 0 Å². The van der Waals surface area contributed by atoms with E-state index in [1.165, 1.54) is 0 Å². The molecule has 27 heavy (non-hydrogen) atoms. The van der Waals surface area contributed by atoms with Crippen molar-refractivity contribution in [3.05, 3.63) is 30.2 Å². The molecule has 2 aromatic rings.